The summed E-state index contributed by atoms with van der Waals surface area (Å²) in [5.74, 6) is 0. The van der Waals surface area contributed by atoms with Crippen LogP contribution in [0, 0.1) is 0 Å². The molecule has 10 aromatic carbocycles. The topological polar surface area (TPSA) is 13.1 Å². The smallest absolute Gasteiger partial charge is 0.0542 e. The van der Waals surface area contributed by atoms with E-state index in [0.29, 0.717) is 0 Å². The molecule has 2 heterocycles. The Morgan fingerprint density at radius 1 is 0.254 bits per heavy atom. The molecule has 3 heteroatoms. The van der Waals surface area contributed by atoms with E-state index in [1.807, 2.05) is 0 Å². The number of hydrogen-bond donors (Lipinski definition) is 0. The molecule has 1 aliphatic rings. The Morgan fingerprint density at radius 2 is 0.695 bits per heavy atom. The normalized spacial score (nSPS) is 12.1. The van der Waals surface area contributed by atoms with E-state index in [9.17, 15) is 0 Å². The quantitative estimate of drug-likeness (QED) is 0.171. The molecule has 0 amide bonds. The van der Waals surface area contributed by atoms with Crippen molar-refractivity contribution in [3.8, 4) is 33.6 Å². The molecule has 2 aromatic heterocycles. The Morgan fingerprint density at radius 3 is 1.32 bits per heavy atom. The van der Waals surface area contributed by atoms with E-state index in [-0.39, 0.29) is 0 Å². The fraction of sp³-hybridized carbons (Fsp3) is 0. The zero-order chi connectivity index (χ0) is 38.6. The molecule has 0 aliphatic heterocycles. The van der Waals surface area contributed by atoms with E-state index in [4.69, 9.17) is 0 Å². The second-order valence-corrected chi connectivity index (χ2v) is 15.8. The van der Waals surface area contributed by atoms with Gasteiger partial charge in [0.1, 0.15) is 0 Å². The lowest BCUT2D eigenvalue weighted by Crippen LogP contribution is -2.10. The van der Waals surface area contributed by atoms with Gasteiger partial charge in [0.25, 0.3) is 0 Å². The number of para-hydroxylation sites is 5. The highest BCUT2D eigenvalue weighted by Crippen LogP contribution is 2.51. The minimum Gasteiger partial charge on any atom is -0.310 e. The summed E-state index contributed by atoms with van der Waals surface area (Å²) in [4.78, 5) is 2.39. The number of fused-ring (bicyclic) bond motifs is 12. The van der Waals surface area contributed by atoms with Crippen LogP contribution < -0.4 is 4.90 Å². The first-order valence-electron chi connectivity index (χ1n) is 20.3. The molecule has 0 N–H and O–H groups in total. The van der Waals surface area contributed by atoms with E-state index in [1.54, 1.807) is 0 Å². The number of rotatable bonds is 5. The Labute approximate surface area is 340 Å². The Kier molecular flexibility index (Phi) is 6.72. The van der Waals surface area contributed by atoms with Gasteiger partial charge in [0.2, 0.25) is 0 Å². The lowest BCUT2D eigenvalue weighted by atomic mass is 9.78. The van der Waals surface area contributed by atoms with Crippen LogP contribution in [-0.4, -0.2) is 9.13 Å². The predicted octanol–water partition coefficient (Wildman–Crippen LogP) is 15.3. The monoisotopic (exact) mass is 749 g/mol. The number of benzene rings is 10. The molecule has 0 saturated carbocycles. The SMILES string of the molecule is c1ccc(N(c2ccc3cc4c(cc3c2)-c2cc3ccc(-n5c6ccccc6c6ccccc65)cc3cc2-4)c2ccc3c(c2)c2ccccc2n3-c2ccccc2)cc1. The van der Waals surface area contributed by atoms with Crippen molar-refractivity contribution in [1.29, 1.82) is 0 Å². The van der Waals surface area contributed by atoms with Crippen molar-refractivity contribution < 1.29 is 0 Å². The van der Waals surface area contributed by atoms with Gasteiger partial charge in [-0.25, -0.2) is 0 Å². The van der Waals surface area contributed by atoms with Crippen LogP contribution in [0.5, 0.6) is 0 Å². The molecule has 3 nitrogen and oxygen atoms in total. The average Bonchev–Trinajstić information content (AvgIpc) is 3.81. The summed E-state index contributed by atoms with van der Waals surface area (Å²) in [7, 11) is 0. The molecular formula is C56H35N3. The molecule has 0 bridgehead atoms. The van der Waals surface area contributed by atoms with Crippen molar-refractivity contribution in [2.75, 3.05) is 4.90 Å². The van der Waals surface area contributed by atoms with E-state index in [0.717, 1.165) is 22.7 Å². The molecule has 59 heavy (non-hydrogen) atoms. The highest BCUT2D eigenvalue weighted by molar-refractivity contribution is 6.14. The molecule has 0 fully saturated rings. The molecule has 274 valence electrons. The zero-order valence-corrected chi connectivity index (χ0v) is 32.0. The van der Waals surface area contributed by atoms with E-state index in [1.165, 1.54) is 93.1 Å². The standard InChI is InChI=1S/C56H35N3/c1-3-13-40(14-4-1)57(44-27-28-56-52(35-44)47-19-9-12-22-55(47)58(56)41-15-5-2-6-16-41)42-25-23-36-31-48-50(33-38(36)29-42)49-32-37-24-26-43(30-39(37)34-51(48)49)59-53-20-10-7-17-45(53)46-18-8-11-21-54(46)59/h1-35H. The van der Waals surface area contributed by atoms with Gasteiger partial charge in [0.05, 0.1) is 22.1 Å². The molecule has 0 radical (unpaired) electrons. The molecule has 0 atom stereocenters. The predicted molar refractivity (Wildman–Crippen MR) is 249 cm³/mol. The van der Waals surface area contributed by atoms with Crippen molar-refractivity contribution in [2.24, 2.45) is 0 Å². The summed E-state index contributed by atoms with van der Waals surface area (Å²) in [6.45, 7) is 0. The molecule has 0 saturated heterocycles. The van der Waals surface area contributed by atoms with E-state index >= 15 is 0 Å². The fourth-order valence-electron chi connectivity index (χ4n) is 9.86. The van der Waals surface area contributed by atoms with Crippen molar-refractivity contribution in [3.63, 3.8) is 0 Å². The highest BCUT2D eigenvalue weighted by atomic mass is 15.1. The van der Waals surface area contributed by atoms with Gasteiger partial charge in [-0.05, 0) is 153 Å². The van der Waals surface area contributed by atoms with Crippen LogP contribution in [0.2, 0.25) is 0 Å². The summed E-state index contributed by atoms with van der Waals surface area (Å²) in [5, 5.41) is 10.0. The minimum atomic E-state index is 1.12. The maximum Gasteiger partial charge on any atom is 0.0542 e. The molecule has 13 rings (SSSR count). The van der Waals surface area contributed by atoms with Crippen LogP contribution in [0.4, 0.5) is 17.1 Å². The van der Waals surface area contributed by atoms with Gasteiger partial charge >= 0.3 is 0 Å². The Balaban J connectivity index is 0.914. The van der Waals surface area contributed by atoms with Gasteiger partial charge in [0.15, 0.2) is 0 Å². The largest absolute Gasteiger partial charge is 0.310 e. The molecule has 12 aromatic rings. The van der Waals surface area contributed by atoms with Crippen LogP contribution in [0.1, 0.15) is 0 Å². The third kappa shape index (κ3) is 4.76. The first kappa shape index (κ1) is 32.2. The number of anilines is 3. The molecule has 0 spiro atoms. The van der Waals surface area contributed by atoms with Gasteiger partial charge < -0.3 is 14.0 Å². The average molecular weight is 750 g/mol. The Bertz CT molecular complexity index is 3610. The summed E-state index contributed by atoms with van der Waals surface area (Å²) in [5.41, 5.74) is 15.9. The van der Waals surface area contributed by atoms with Gasteiger partial charge in [-0.3, -0.25) is 0 Å². The first-order valence-corrected chi connectivity index (χ1v) is 20.3. The lowest BCUT2D eigenvalue weighted by Gasteiger charge is -2.28. The molecular weight excluding hydrogens is 715 g/mol. The van der Waals surface area contributed by atoms with E-state index in [2.05, 4.69) is 226 Å². The number of hydrogen-bond acceptors (Lipinski definition) is 1. The first-order chi connectivity index (χ1) is 29.2. The van der Waals surface area contributed by atoms with Crippen molar-refractivity contribution in [2.45, 2.75) is 0 Å². The Hall–Kier alpha value is -7.88. The summed E-state index contributed by atoms with van der Waals surface area (Å²) < 4.78 is 4.78. The molecule has 0 unspecified atom stereocenters. The summed E-state index contributed by atoms with van der Waals surface area (Å²) in [6, 6.07) is 77.9. The minimum absolute atomic E-state index is 1.12. The highest BCUT2D eigenvalue weighted by Gasteiger charge is 2.25. The van der Waals surface area contributed by atoms with Gasteiger partial charge in [-0.1, -0.05) is 103 Å². The second-order valence-electron chi connectivity index (χ2n) is 15.8. The zero-order valence-electron chi connectivity index (χ0n) is 32.0. The summed E-state index contributed by atoms with van der Waals surface area (Å²) in [6.07, 6.45) is 0. The van der Waals surface area contributed by atoms with Crippen molar-refractivity contribution in [3.05, 3.63) is 212 Å². The van der Waals surface area contributed by atoms with Crippen LogP contribution >= 0.6 is 0 Å². The third-order valence-electron chi connectivity index (χ3n) is 12.5. The van der Waals surface area contributed by atoms with Gasteiger partial charge in [0, 0.05) is 50.0 Å². The van der Waals surface area contributed by atoms with Crippen LogP contribution in [-0.2, 0) is 0 Å². The van der Waals surface area contributed by atoms with Gasteiger partial charge in [-0.2, -0.15) is 0 Å². The van der Waals surface area contributed by atoms with E-state index < -0.39 is 0 Å². The third-order valence-corrected chi connectivity index (χ3v) is 12.5. The maximum atomic E-state index is 2.41. The summed E-state index contributed by atoms with van der Waals surface area (Å²) >= 11 is 0. The fourth-order valence-corrected chi connectivity index (χ4v) is 9.86. The maximum absolute atomic E-state index is 2.41. The van der Waals surface area contributed by atoms with Crippen LogP contribution in [0.15, 0.2) is 212 Å². The second kappa shape index (κ2) is 12.3. The van der Waals surface area contributed by atoms with Crippen molar-refractivity contribution in [1.82, 2.24) is 9.13 Å². The van der Waals surface area contributed by atoms with Gasteiger partial charge in [-0.15, -0.1) is 0 Å². The van der Waals surface area contributed by atoms with Crippen LogP contribution in [0.25, 0.3) is 98.8 Å². The molecule has 1 aliphatic carbocycles. The number of aromatic nitrogens is 2. The number of nitrogens with zero attached hydrogens (tertiary/aromatic N) is 3. The lowest BCUT2D eigenvalue weighted by molar-refractivity contribution is 1.18. The van der Waals surface area contributed by atoms with Crippen LogP contribution in [0.3, 0.4) is 0 Å². The van der Waals surface area contributed by atoms with Crippen molar-refractivity contribution >= 4 is 82.2 Å².